The number of hydrogen-bond donors (Lipinski definition) is 1. The molecule has 0 saturated carbocycles. The van der Waals surface area contributed by atoms with Gasteiger partial charge < -0.3 is 10.1 Å². The fourth-order valence-corrected chi connectivity index (χ4v) is 2.15. The van der Waals surface area contributed by atoms with E-state index in [2.05, 4.69) is 10.4 Å². The van der Waals surface area contributed by atoms with E-state index in [0.717, 1.165) is 12.0 Å². The predicted molar refractivity (Wildman–Crippen MR) is 87.5 cm³/mol. The number of hydrogen-bond acceptors (Lipinski definition) is 3. The molecule has 0 fully saturated rings. The molecule has 1 aromatic carbocycles. The van der Waals surface area contributed by atoms with Crippen LogP contribution in [0.5, 0.6) is 5.75 Å². The minimum Gasteiger partial charge on any atom is -0.492 e. The summed E-state index contributed by atoms with van der Waals surface area (Å²) in [5, 5.41) is 7.47. The normalized spacial score (nSPS) is 12.0. The maximum absolute atomic E-state index is 12.2. The van der Waals surface area contributed by atoms with Crippen molar-refractivity contribution in [2.24, 2.45) is 0 Å². The van der Waals surface area contributed by atoms with E-state index in [-0.39, 0.29) is 5.91 Å². The van der Waals surface area contributed by atoms with Gasteiger partial charge in [0, 0.05) is 11.9 Å². The van der Waals surface area contributed by atoms with Crippen molar-refractivity contribution < 1.29 is 9.53 Å². The highest BCUT2D eigenvalue weighted by Crippen LogP contribution is 2.28. The molecule has 1 N–H and O–H groups in total. The molecule has 6 heteroatoms. The summed E-state index contributed by atoms with van der Waals surface area (Å²) in [6.45, 7) is 6.37. The van der Waals surface area contributed by atoms with E-state index in [1.54, 1.807) is 36.0 Å². The SMILES string of the molecule is CCCOc1ccc(NC(=O)C(C)n2cc(C)cn2)cc1Cl. The van der Waals surface area contributed by atoms with Crippen LogP contribution in [0.25, 0.3) is 0 Å². The fourth-order valence-electron chi connectivity index (χ4n) is 1.92. The van der Waals surface area contributed by atoms with Gasteiger partial charge in [0.15, 0.2) is 0 Å². The van der Waals surface area contributed by atoms with E-state index in [9.17, 15) is 4.79 Å². The molecule has 0 radical (unpaired) electrons. The highest BCUT2D eigenvalue weighted by Gasteiger charge is 2.16. The zero-order valence-electron chi connectivity index (χ0n) is 13.0. The topological polar surface area (TPSA) is 56.1 Å². The molecule has 1 unspecified atom stereocenters. The van der Waals surface area contributed by atoms with Crippen molar-refractivity contribution in [1.82, 2.24) is 9.78 Å². The van der Waals surface area contributed by atoms with Crippen LogP contribution in [-0.2, 0) is 4.79 Å². The standard InChI is InChI=1S/C16H20ClN3O2/c1-4-7-22-15-6-5-13(8-14(15)17)19-16(21)12(3)20-10-11(2)9-18-20/h5-6,8-10,12H,4,7H2,1-3H3,(H,19,21). The summed E-state index contributed by atoms with van der Waals surface area (Å²) in [6, 6.07) is 4.82. The van der Waals surface area contributed by atoms with Gasteiger partial charge in [-0.15, -0.1) is 0 Å². The molecular weight excluding hydrogens is 302 g/mol. The molecule has 0 aliphatic carbocycles. The Hall–Kier alpha value is -2.01. The Morgan fingerprint density at radius 2 is 2.27 bits per heavy atom. The Labute approximate surface area is 135 Å². The first-order valence-electron chi connectivity index (χ1n) is 7.25. The summed E-state index contributed by atoms with van der Waals surface area (Å²) in [5.74, 6) is 0.471. The number of carbonyl (C=O) groups excluding carboxylic acids is 1. The summed E-state index contributed by atoms with van der Waals surface area (Å²) in [4.78, 5) is 12.2. The Bertz CT molecular complexity index is 655. The molecule has 0 aliphatic heterocycles. The lowest BCUT2D eigenvalue weighted by Crippen LogP contribution is -2.24. The van der Waals surface area contributed by atoms with Crippen LogP contribution in [0.1, 0.15) is 31.9 Å². The number of benzene rings is 1. The Balaban J connectivity index is 2.03. The van der Waals surface area contributed by atoms with Gasteiger partial charge in [0.25, 0.3) is 0 Å². The molecule has 1 heterocycles. The van der Waals surface area contributed by atoms with Crippen LogP contribution in [0, 0.1) is 6.92 Å². The zero-order valence-corrected chi connectivity index (χ0v) is 13.7. The number of amides is 1. The highest BCUT2D eigenvalue weighted by molar-refractivity contribution is 6.32. The minimum absolute atomic E-state index is 0.151. The molecule has 0 saturated heterocycles. The van der Waals surface area contributed by atoms with Crippen LogP contribution in [0.2, 0.25) is 5.02 Å². The number of carbonyl (C=O) groups is 1. The zero-order chi connectivity index (χ0) is 16.1. The summed E-state index contributed by atoms with van der Waals surface area (Å²) in [6.07, 6.45) is 4.47. The summed E-state index contributed by atoms with van der Waals surface area (Å²) >= 11 is 6.15. The Morgan fingerprint density at radius 3 is 2.86 bits per heavy atom. The molecule has 0 spiro atoms. The van der Waals surface area contributed by atoms with E-state index in [1.807, 2.05) is 20.0 Å². The number of aromatic nitrogens is 2. The number of rotatable bonds is 6. The maximum Gasteiger partial charge on any atom is 0.248 e. The smallest absolute Gasteiger partial charge is 0.248 e. The predicted octanol–water partition coefficient (Wildman–Crippen LogP) is 3.83. The quantitative estimate of drug-likeness (QED) is 0.879. The number of nitrogens with zero attached hydrogens (tertiary/aromatic N) is 2. The van der Waals surface area contributed by atoms with Crippen molar-refractivity contribution in [2.45, 2.75) is 33.2 Å². The fraction of sp³-hybridized carbons (Fsp3) is 0.375. The first kappa shape index (κ1) is 16.4. The largest absolute Gasteiger partial charge is 0.492 e. The molecular formula is C16H20ClN3O2. The first-order valence-corrected chi connectivity index (χ1v) is 7.63. The average molecular weight is 322 g/mol. The lowest BCUT2D eigenvalue weighted by atomic mass is 10.2. The van der Waals surface area contributed by atoms with Crippen LogP contribution in [0.15, 0.2) is 30.6 Å². The van der Waals surface area contributed by atoms with E-state index >= 15 is 0 Å². The molecule has 5 nitrogen and oxygen atoms in total. The lowest BCUT2D eigenvalue weighted by Gasteiger charge is -2.14. The molecule has 2 aromatic rings. The van der Waals surface area contributed by atoms with Crippen LogP contribution < -0.4 is 10.1 Å². The van der Waals surface area contributed by atoms with Crippen LogP contribution in [0.3, 0.4) is 0 Å². The van der Waals surface area contributed by atoms with Crippen molar-refractivity contribution in [3.8, 4) is 5.75 Å². The van der Waals surface area contributed by atoms with Crippen molar-refractivity contribution in [1.29, 1.82) is 0 Å². The molecule has 0 bridgehead atoms. The van der Waals surface area contributed by atoms with Gasteiger partial charge in [-0.05, 0) is 44.0 Å². The van der Waals surface area contributed by atoms with Crippen LogP contribution >= 0.6 is 11.6 Å². The molecule has 0 aliphatic rings. The van der Waals surface area contributed by atoms with Gasteiger partial charge in [-0.3, -0.25) is 9.48 Å². The van der Waals surface area contributed by atoms with Crippen molar-refractivity contribution in [3.63, 3.8) is 0 Å². The molecule has 1 aromatic heterocycles. The van der Waals surface area contributed by atoms with E-state index in [4.69, 9.17) is 16.3 Å². The van der Waals surface area contributed by atoms with Gasteiger partial charge in [-0.2, -0.15) is 5.10 Å². The number of halogens is 1. The molecule has 1 atom stereocenters. The van der Waals surface area contributed by atoms with E-state index in [0.29, 0.717) is 23.1 Å². The van der Waals surface area contributed by atoms with E-state index in [1.165, 1.54) is 0 Å². The third-order valence-corrected chi connectivity index (χ3v) is 3.46. The molecule has 118 valence electrons. The monoisotopic (exact) mass is 321 g/mol. The number of anilines is 1. The lowest BCUT2D eigenvalue weighted by molar-refractivity contribution is -0.119. The second kappa shape index (κ2) is 7.31. The number of ether oxygens (including phenoxy) is 1. The minimum atomic E-state index is -0.400. The second-order valence-electron chi connectivity index (χ2n) is 5.16. The third-order valence-electron chi connectivity index (χ3n) is 3.17. The summed E-state index contributed by atoms with van der Waals surface area (Å²) < 4.78 is 7.14. The summed E-state index contributed by atoms with van der Waals surface area (Å²) in [5.41, 5.74) is 1.65. The van der Waals surface area contributed by atoms with Gasteiger partial charge in [0.2, 0.25) is 5.91 Å². The van der Waals surface area contributed by atoms with Crippen LogP contribution in [0.4, 0.5) is 5.69 Å². The van der Waals surface area contributed by atoms with Gasteiger partial charge in [-0.1, -0.05) is 18.5 Å². The Kier molecular flexibility index (Phi) is 5.44. The van der Waals surface area contributed by atoms with Gasteiger partial charge in [0.05, 0.1) is 17.8 Å². The van der Waals surface area contributed by atoms with E-state index < -0.39 is 6.04 Å². The van der Waals surface area contributed by atoms with Crippen molar-refractivity contribution in [3.05, 3.63) is 41.2 Å². The van der Waals surface area contributed by atoms with Gasteiger partial charge in [-0.25, -0.2) is 0 Å². The third kappa shape index (κ3) is 4.01. The van der Waals surface area contributed by atoms with Gasteiger partial charge >= 0.3 is 0 Å². The molecule has 2 rings (SSSR count). The van der Waals surface area contributed by atoms with Crippen molar-refractivity contribution in [2.75, 3.05) is 11.9 Å². The number of aryl methyl sites for hydroxylation is 1. The van der Waals surface area contributed by atoms with Crippen molar-refractivity contribution >= 4 is 23.2 Å². The second-order valence-corrected chi connectivity index (χ2v) is 5.56. The summed E-state index contributed by atoms with van der Waals surface area (Å²) in [7, 11) is 0. The molecule has 1 amide bonds. The Morgan fingerprint density at radius 1 is 1.50 bits per heavy atom. The van der Waals surface area contributed by atoms with Crippen LogP contribution in [-0.4, -0.2) is 22.3 Å². The maximum atomic E-state index is 12.2. The van der Waals surface area contributed by atoms with Gasteiger partial charge in [0.1, 0.15) is 11.8 Å². The highest BCUT2D eigenvalue weighted by atomic mass is 35.5. The number of nitrogens with one attached hydrogen (secondary N) is 1. The molecule has 22 heavy (non-hydrogen) atoms. The average Bonchev–Trinajstić information content (AvgIpc) is 2.92. The first-order chi connectivity index (χ1) is 10.5.